The van der Waals surface area contributed by atoms with Crippen molar-refractivity contribution >= 4 is 21.8 Å². The van der Waals surface area contributed by atoms with Gasteiger partial charge in [0.15, 0.2) is 0 Å². The third-order valence-electron chi connectivity index (χ3n) is 5.19. The van der Waals surface area contributed by atoms with Crippen LogP contribution in [0, 0.1) is 11.8 Å². The van der Waals surface area contributed by atoms with E-state index in [4.69, 9.17) is 0 Å². The number of sulfone groups is 1. The topological polar surface area (TPSA) is 63.2 Å². The van der Waals surface area contributed by atoms with Crippen molar-refractivity contribution in [1.29, 1.82) is 0 Å². The van der Waals surface area contributed by atoms with Crippen LogP contribution in [-0.2, 0) is 14.6 Å². The highest BCUT2D eigenvalue weighted by molar-refractivity contribution is 7.96. The molecule has 0 aromatic heterocycles. The van der Waals surface area contributed by atoms with Gasteiger partial charge in [0.2, 0.25) is 9.84 Å². The number of hydrogen-bond acceptors (Lipinski definition) is 3. The fraction of sp³-hybridized carbons (Fsp3) is 0.500. The quantitative estimate of drug-likeness (QED) is 0.924. The molecule has 1 aromatic carbocycles. The van der Waals surface area contributed by atoms with Crippen molar-refractivity contribution in [3.63, 3.8) is 0 Å². The second-order valence-corrected chi connectivity index (χ2v) is 8.51. The summed E-state index contributed by atoms with van der Waals surface area (Å²) in [7, 11) is -3.69. The molecule has 3 atom stereocenters. The molecule has 124 valence electrons. The minimum atomic E-state index is -3.69. The van der Waals surface area contributed by atoms with E-state index in [9.17, 15) is 13.2 Å². The van der Waals surface area contributed by atoms with Crippen molar-refractivity contribution in [1.82, 2.24) is 5.32 Å². The molecule has 3 unspecified atom stereocenters. The molecule has 1 aliphatic heterocycles. The lowest BCUT2D eigenvalue weighted by Gasteiger charge is -2.36. The summed E-state index contributed by atoms with van der Waals surface area (Å²) >= 11 is 0. The molecule has 1 aromatic rings. The minimum absolute atomic E-state index is 0.0565. The van der Waals surface area contributed by atoms with Gasteiger partial charge in [-0.1, -0.05) is 44.9 Å². The van der Waals surface area contributed by atoms with E-state index in [0.29, 0.717) is 17.4 Å². The molecule has 23 heavy (non-hydrogen) atoms. The number of carbonyl (C=O) groups excluding carboxylic acids is 1. The summed E-state index contributed by atoms with van der Waals surface area (Å²) in [6, 6.07) is 6.80. The average Bonchev–Trinajstić information content (AvgIpc) is 2.81. The predicted octanol–water partition coefficient (Wildman–Crippen LogP) is 3.15. The molecule has 1 amide bonds. The molecular weight excluding hydrogens is 310 g/mol. The summed E-state index contributed by atoms with van der Waals surface area (Å²) in [6.45, 7) is 4.27. The summed E-state index contributed by atoms with van der Waals surface area (Å²) in [4.78, 5) is 12.8. The Bertz CT molecular complexity index is 751. The van der Waals surface area contributed by atoms with Crippen LogP contribution in [-0.4, -0.2) is 20.4 Å². The van der Waals surface area contributed by atoms with Gasteiger partial charge in [-0.2, -0.15) is 0 Å². The Kier molecular flexibility index (Phi) is 4.32. The number of hydrogen-bond donors (Lipinski definition) is 1. The number of benzene rings is 1. The van der Waals surface area contributed by atoms with Gasteiger partial charge in [-0.25, -0.2) is 8.42 Å². The van der Waals surface area contributed by atoms with Crippen molar-refractivity contribution in [3.8, 4) is 0 Å². The maximum absolute atomic E-state index is 12.6. The lowest BCUT2D eigenvalue weighted by Crippen LogP contribution is -2.47. The number of carbonyl (C=O) groups is 1. The third kappa shape index (κ3) is 2.82. The molecule has 1 saturated carbocycles. The molecule has 1 fully saturated rings. The van der Waals surface area contributed by atoms with Gasteiger partial charge in [-0.3, -0.25) is 4.79 Å². The minimum Gasteiger partial charge on any atom is -0.348 e. The fourth-order valence-corrected chi connectivity index (χ4v) is 5.35. The zero-order valence-electron chi connectivity index (χ0n) is 13.6. The summed E-state index contributed by atoms with van der Waals surface area (Å²) in [5.41, 5.74) is 0.599. The van der Waals surface area contributed by atoms with Gasteiger partial charge in [0.1, 0.15) is 4.91 Å². The van der Waals surface area contributed by atoms with Crippen LogP contribution in [0.4, 0.5) is 0 Å². The highest BCUT2D eigenvalue weighted by atomic mass is 32.2. The highest BCUT2D eigenvalue weighted by Crippen LogP contribution is 2.35. The predicted molar refractivity (Wildman–Crippen MR) is 90.3 cm³/mol. The molecule has 5 heteroatoms. The van der Waals surface area contributed by atoms with Gasteiger partial charge in [0.05, 0.1) is 4.90 Å². The van der Waals surface area contributed by atoms with Crippen molar-refractivity contribution in [2.45, 2.75) is 50.5 Å². The van der Waals surface area contributed by atoms with Gasteiger partial charge in [0.25, 0.3) is 5.91 Å². The smallest absolute Gasteiger partial charge is 0.263 e. The summed E-state index contributed by atoms with van der Waals surface area (Å²) in [5, 5.41) is 3.02. The lowest BCUT2D eigenvalue weighted by atomic mass is 9.76. The van der Waals surface area contributed by atoms with E-state index < -0.39 is 15.7 Å². The molecule has 1 N–H and O–H groups in total. The Balaban J connectivity index is 1.85. The standard InChI is InChI=1S/C18H23NO3S/c1-3-13-9-6-7-12(2)17(13)19-18(20)16-11-14-8-4-5-10-15(14)23(16,21)22/h4-5,8,10-13,17H,3,6-7,9H2,1-2H3,(H,19,20). The van der Waals surface area contributed by atoms with Gasteiger partial charge in [-0.05, 0) is 42.4 Å². The Hall–Kier alpha value is -1.62. The Morgan fingerprint density at radius 3 is 2.70 bits per heavy atom. The van der Waals surface area contributed by atoms with E-state index in [1.807, 2.05) is 0 Å². The van der Waals surface area contributed by atoms with E-state index in [0.717, 1.165) is 19.3 Å². The maximum atomic E-state index is 12.6. The molecule has 0 saturated heterocycles. The molecular formula is C18H23NO3S. The van der Waals surface area contributed by atoms with E-state index in [1.54, 1.807) is 24.3 Å². The van der Waals surface area contributed by atoms with Gasteiger partial charge in [-0.15, -0.1) is 0 Å². The molecule has 3 rings (SSSR count). The monoisotopic (exact) mass is 333 g/mol. The molecule has 4 nitrogen and oxygen atoms in total. The van der Waals surface area contributed by atoms with Crippen LogP contribution >= 0.6 is 0 Å². The van der Waals surface area contributed by atoms with Crippen LogP contribution in [0.3, 0.4) is 0 Å². The molecule has 1 heterocycles. The first kappa shape index (κ1) is 16.2. The van der Waals surface area contributed by atoms with Crippen molar-refractivity contribution in [3.05, 3.63) is 34.7 Å². The number of rotatable bonds is 3. The van der Waals surface area contributed by atoms with Crippen LogP contribution in [0.2, 0.25) is 0 Å². The Morgan fingerprint density at radius 1 is 1.26 bits per heavy atom. The zero-order valence-corrected chi connectivity index (χ0v) is 14.4. The molecule has 0 spiro atoms. The van der Waals surface area contributed by atoms with Crippen LogP contribution in [0.15, 0.2) is 34.1 Å². The van der Waals surface area contributed by atoms with Gasteiger partial charge in [0, 0.05) is 6.04 Å². The second kappa shape index (κ2) is 6.11. The summed E-state index contributed by atoms with van der Waals surface area (Å²) in [5.74, 6) is 0.345. The SMILES string of the molecule is CCC1CCCC(C)C1NC(=O)C1=Cc2ccccc2S1(=O)=O. The molecule has 1 aliphatic carbocycles. The lowest BCUT2D eigenvalue weighted by molar-refractivity contribution is -0.118. The summed E-state index contributed by atoms with van der Waals surface area (Å²) < 4.78 is 25.1. The molecule has 2 aliphatic rings. The zero-order chi connectivity index (χ0) is 16.6. The second-order valence-electron chi connectivity index (χ2n) is 6.63. The third-order valence-corrected chi connectivity index (χ3v) is 7.02. The van der Waals surface area contributed by atoms with Gasteiger partial charge < -0.3 is 5.32 Å². The van der Waals surface area contributed by atoms with E-state index in [-0.39, 0.29) is 15.8 Å². The van der Waals surface area contributed by atoms with Gasteiger partial charge >= 0.3 is 0 Å². The van der Waals surface area contributed by atoms with Crippen LogP contribution in [0.25, 0.3) is 6.08 Å². The number of fused-ring (bicyclic) bond motifs is 1. The number of amides is 1. The Labute approximate surface area is 137 Å². The molecule has 0 bridgehead atoms. The maximum Gasteiger partial charge on any atom is 0.263 e. The first-order valence-electron chi connectivity index (χ1n) is 8.31. The van der Waals surface area contributed by atoms with E-state index >= 15 is 0 Å². The van der Waals surface area contributed by atoms with Crippen molar-refractivity contribution in [2.24, 2.45) is 11.8 Å². The van der Waals surface area contributed by atoms with Crippen LogP contribution in [0.1, 0.15) is 45.1 Å². The first-order valence-corrected chi connectivity index (χ1v) is 9.80. The highest BCUT2D eigenvalue weighted by Gasteiger charge is 2.37. The largest absolute Gasteiger partial charge is 0.348 e. The number of nitrogens with one attached hydrogen (secondary N) is 1. The first-order chi connectivity index (χ1) is 10.9. The van der Waals surface area contributed by atoms with E-state index in [2.05, 4.69) is 19.2 Å². The fourth-order valence-electron chi connectivity index (χ4n) is 3.84. The van der Waals surface area contributed by atoms with Crippen LogP contribution < -0.4 is 5.32 Å². The summed E-state index contributed by atoms with van der Waals surface area (Å²) in [6.07, 6.45) is 5.85. The molecule has 0 radical (unpaired) electrons. The van der Waals surface area contributed by atoms with Crippen LogP contribution in [0.5, 0.6) is 0 Å². The van der Waals surface area contributed by atoms with Crippen molar-refractivity contribution < 1.29 is 13.2 Å². The Morgan fingerprint density at radius 2 is 2.00 bits per heavy atom. The van der Waals surface area contributed by atoms with E-state index in [1.165, 1.54) is 12.5 Å². The van der Waals surface area contributed by atoms with Crippen molar-refractivity contribution in [2.75, 3.05) is 0 Å². The normalized spacial score (nSPS) is 28.8. The average molecular weight is 333 g/mol.